The summed E-state index contributed by atoms with van der Waals surface area (Å²) in [6, 6.07) is 5.72. The fourth-order valence-electron chi connectivity index (χ4n) is 4.97. The number of benzene rings is 2. The third-order valence-corrected chi connectivity index (χ3v) is 7.42. The molecule has 3 rings (SSSR count). The van der Waals surface area contributed by atoms with Crippen LogP contribution in [0.3, 0.4) is 0 Å². The average molecular weight is 725 g/mol. The molecule has 2 amide bonds. The Morgan fingerprint density at radius 1 is 0.600 bits per heavy atom. The lowest BCUT2D eigenvalue weighted by Gasteiger charge is -2.25. The number of nitrogens with one attached hydrogen (secondary N) is 2. The second-order valence-electron chi connectivity index (χ2n) is 11.5. The Balaban J connectivity index is 1.58. The van der Waals surface area contributed by atoms with Gasteiger partial charge in [0.15, 0.2) is 0 Å². The Bertz CT molecular complexity index is 1300. The lowest BCUT2D eigenvalue weighted by atomic mass is 10.1. The molecule has 0 spiro atoms. The van der Waals surface area contributed by atoms with E-state index in [1.807, 2.05) is 9.80 Å². The highest BCUT2D eigenvalue weighted by atomic mass is 19.4. The fourth-order valence-corrected chi connectivity index (χ4v) is 4.97. The maximum atomic E-state index is 12.8. The van der Waals surface area contributed by atoms with Crippen LogP contribution in [-0.2, 0) is 41.6 Å². The molecule has 0 aromatic heterocycles. The van der Waals surface area contributed by atoms with E-state index in [2.05, 4.69) is 0 Å². The van der Waals surface area contributed by atoms with Crippen molar-refractivity contribution in [2.45, 2.75) is 39.3 Å². The van der Waals surface area contributed by atoms with Crippen LogP contribution in [-0.4, -0.2) is 123 Å². The van der Waals surface area contributed by atoms with Gasteiger partial charge in [0.25, 0.3) is 0 Å². The van der Waals surface area contributed by atoms with Crippen LogP contribution in [0.2, 0.25) is 0 Å². The van der Waals surface area contributed by atoms with Crippen LogP contribution in [0.25, 0.3) is 0 Å². The zero-order valence-electron chi connectivity index (χ0n) is 27.7. The number of hydrogen-bond donors (Lipinski definition) is 4. The van der Waals surface area contributed by atoms with Gasteiger partial charge in [0.1, 0.15) is 11.5 Å². The molecule has 0 bridgehead atoms. The van der Waals surface area contributed by atoms with Crippen LogP contribution in [0.1, 0.15) is 22.3 Å². The number of anilines is 2. The predicted molar refractivity (Wildman–Crippen MR) is 169 cm³/mol. The lowest BCUT2D eigenvalue weighted by molar-refractivity contribution is -0.167. The Morgan fingerprint density at radius 3 is 1.18 bits per heavy atom. The van der Waals surface area contributed by atoms with Gasteiger partial charge in [0.2, 0.25) is 0 Å². The molecule has 18 heteroatoms. The van der Waals surface area contributed by atoms with E-state index in [4.69, 9.17) is 18.9 Å². The third-order valence-electron chi connectivity index (χ3n) is 7.42. The first-order valence-corrected chi connectivity index (χ1v) is 15.7. The number of nitrogens with zero attached hydrogens (tertiary/aromatic N) is 2. The van der Waals surface area contributed by atoms with E-state index in [0.717, 1.165) is 0 Å². The normalized spacial score (nSPS) is 17.4. The van der Waals surface area contributed by atoms with Gasteiger partial charge >= 0.3 is 24.2 Å². The predicted octanol–water partition coefficient (Wildman–Crippen LogP) is 4.10. The number of phenolic OH excluding ortho intramolecular Hbond substituents is 2. The van der Waals surface area contributed by atoms with Crippen molar-refractivity contribution in [3.05, 3.63) is 46.5 Å². The molecule has 1 aliphatic rings. The van der Waals surface area contributed by atoms with Crippen LogP contribution in [0, 0.1) is 13.8 Å². The van der Waals surface area contributed by atoms with Crippen LogP contribution in [0.4, 0.5) is 37.7 Å². The Morgan fingerprint density at radius 2 is 0.900 bits per heavy atom. The van der Waals surface area contributed by atoms with E-state index in [-0.39, 0.29) is 77.3 Å². The number of aromatic hydroxyl groups is 2. The van der Waals surface area contributed by atoms with Gasteiger partial charge in [0.05, 0.1) is 64.2 Å². The first-order chi connectivity index (χ1) is 23.5. The van der Waals surface area contributed by atoms with Gasteiger partial charge < -0.3 is 39.8 Å². The number of amides is 2. The number of ether oxygens (including phenoxy) is 4. The second kappa shape index (κ2) is 19.1. The average Bonchev–Trinajstić information content (AvgIpc) is 3.02. The lowest BCUT2D eigenvalue weighted by Crippen LogP contribution is -2.33. The Hall–Kier alpha value is -3.68. The molecule has 0 aliphatic carbocycles. The number of carbonyl (C=O) groups excluding carboxylic acids is 2. The minimum absolute atomic E-state index is 0.130. The van der Waals surface area contributed by atoms with E-state index in [0.29, 0.717) is 48.4 Å². The van der Waals surface area contributed by atoms with Gasteiger partial charge in [-0.2, -0.15) is 26.3 Å². The van der Waals surface area contributed by atoms with Crippen molar-refractivity contribution >= 4 is 23.2 Å². The minimum atomic E-state index is -5.12. The molecule has 4 N–H and O–H groups in total. The Kier molecular flexibility index (Phi) is 15.5. The van der Waals surface area contributed by atoms with Crippen molar-refractivity contribution in [2.75, 3.05) is 89.7 Å². The summed E-state index contributed by atoms with van der Waals surface area (Å²) in [5, 5.41) is 24.8. The van der Waals surface area contributed by atoms with E-state index in [1.54, 1.807) is 36.6 Å². The van der Waals surface area contributed by atoms with Gasteiger partial charge in [-0.05, 0) is 37.1 Å². The zero-order valence-corrected chi connectivity index (χ0v) is 27.7. The standard InChI is InChI=1S/C32H42F6N4O8/c1-21-15-23(27(43)25(17-21)39-29(45)31(33,34)35)19-41-3-7-47-11-13-49-9-5-42(6-10-50-14-12-48-8-4-41)20-24-16-22(2)18-26(28(24)44)40-30(46)32(36,37)38/h15-18,43-44H,3-14,19-20H2,1-2H3,(H,39,45)(H,40,46). The molecule has 1 aliphatic heterocycles. The molecule has 1 fully saturated rings. The summed E-state index contributed by atoms with van der Waals surface area (Å²) in [5.41, 5.74) is 0.987. The van der Waals surface area contributed by atoms with Gasteiger partial charge in [0, 0.05) is 50.4 Å². The molecule has 1 heterocycles. The van der Waals surface area contributed by atoms with E-state index < -0.39 is 35.7 Å². The van der Waals surface area contributed by atoms with Gasteiger partial charge in [-0.1, -0.05) is 12.1 Å². The number of halogens is 6. The number of alkyl halides is 6. The van der Waals surface area contributed by atoms with Crippen molar-refractivity contribution in [1.29, 1.82) is 0 Å². The summed E-state index contributed by atoms with van der Waals surface area (Å²) in [5.74, 6) is -5.34. The molecule has 0 unspecified atom stereocenters. The zero-order chi connectivity index (χ0) is 36.9. The van der Waals surface area contributed by atoms with Gasteiger partial charge in [-0.25, -0.2) is 0 Å². The molecule has 50 heavy (non-hydrogen) atoms. The van der Waals surface area contributed by atoms with E-state index >= 15 is 0 Å². The van der Waals surface area contributed by atoms with Crippen molar-refractivity contribution in [1.82, 2.24) is 9.80 Å². The maximum Gasteiger partial charge on any atom is 0.471 e. The number of aryl methyl sites for hydroxylation is 2. The number of hydrogen-bond acceptors (Lipinski definition) is 10. The molecule has 1 saturated heterocycles. The molecular weight excluding hydrogens is 682 g/mol. The highest BCUT2D eigenvalue weighted by molar-refractivity contribution is 5.97. The van der Waals surface area contributed by atoms with Crippen molar-refractivity contribution < 1.29 is 65.1 Å². The van der Waals surface area contributed by atoms with E-state index in [1.165, 1.54) is 12.1 Å². The number of carbonyl (C=O) groups is 2. The summed E-state index contributed by atoms with van der Waals surface area (Å²) >= 11 is 0. The second-order valence-corrected chi connectivity index (χ2v) is 11.5. The molecular formula is C32H42F6N4O8. The maximum absolute atomic E-state index is 12.8. The largest absolute Gasteiger partial charge is 0.505 e. The molecule has 2 aromatic rings. The first-order valence-electron chi connectivity index (χ1n) is 15.7. The summed E-state index contributed by atoms with van der Waals surface area (Å²) in [4.78, 5) is 26.7. The molecule has 0 radical (unpaired) electrons. The molecule has 12 nitrogen and oxygen atoms in total. The first kappa shape index (κ1) is 40.7. The van der Waals surface area contributed by atoms with Crippen molar-refractivity contribution in [2.24, 2.45) is 0 Å². The topological polar surface area (TPSA) is 142 Å². The molecule has 280 valence electrons. The molecule has 0 saturated carbocycles. The van der Waals surface area contributed by atoms with Crippen molar-refractivity contribution in [3.63, 3.8) is 0 Å². The summed E-state index contributed by atoms with van der Waals surface area (Å²) < 4.78 is 99.6. The molecule has 2 aromatic carbocycles. The summed E-state index contributed by atoms with van der Waals surface area (Å²) in [6.07, 6.45) is -10.2. The van der Waals surface area contributed by atoms with Crippen LogP contribution >= 0.6 is 0 Å². The minimum Gasteiger partial charge on any atom is -0.505 e. The van der Waals surface area contributed by atoms with Crippen LogP contribution in [0.5, 0.6) is 11.5 Å². The molecule has 0 atom stereocenters. The van der Waals surface area contributed by atoms with Crippen molar-refractivity contribution in [3.8, 4) is 11.5 Å². The van der Waals surface area contributed by atoms with Crippen LogP contribution < -0.4 is 10.6 Å². The number of phenols is 2. The summed E-state index contributed by atoms with van der Waals surface area (Å²) in [6.45, 7) is 6.95. The fraction of sp³-hybridized carbons (Fsp3) is 0.562. The smallest absolute Gasteiger partial charge is 0.471 e. The third kappa shape index (κ3) is 13.6. The van der Waals surface area contributed by atoms with Gasteiger partial charge in [-0.3, -0.25) is 19.4 Å². The highest BCUT2D eigenvalue weighted by Crippen LogP contribution is 2.33. The highest BCUT2D eigenvalue weighted by Gasteiger charge is 2.40. The van der Waals surface area contributed by atoms with E-state index in [9.17, 15) is 46.1 Å². The number of rotatable bonds is 6. The summed E-state index contributed by atoms with van der Waals surface area (Å²) in [7, 11) is 0. The van der Waals surface area contributed by atoms with Gasteiger partial charge in [-0.15, -0.1) is 0 Å². The monoisotopic (exact) mass is 724 g/mol. The van der Waals surface area contributed by atoms with Crippen LogP contribution in [0.15, 0.2) is 24.3 Å². The SMILES string of the molecule is Cc1cc(CN2CCOCCOCCN(Cc3cc(C)cc(NC(=O)C(F)(F)F)c3O)CCOCCOCC2)c(O)c(NC(=O)C(F)(F)F)c1. The quantitative estimate of drug-likeness (QED) is 0.254. The Labute approximate surface area is 285 Å².